The number of fused-ring (bicyclic) bond motifs is 1. The van der Waals surface area contributed by atoms with Crippen molar-refractivity contribution in [2.24, 2.45) is 11.7 Å². The number of primary amides is 1. The van der Waals surface area contributed by atoms with Crippen LogP contribution in [0.2, 0.25) is 0 Å². The Balaban J connectivity index is 1.64. The predicted molar refractivity (Wildman–Crippen MR) is 110 cm³/mol. The molecule has 4 rings (SSSR count). The van der Waals surface area contributed by atoms with E-state index in [0.29, 0.717) is 23.5 Å². The van der Waals surface area contributed by atoms with Crippen molar-refractivity contribution in [3.63, 3.8) is 0 Å². The van der Waals surface area contributed by atoms with Crippen molar-refractivity contribution < 1.29 is 18.0 Å². The van der Waals surface area contributed by atoms with Gasteiger partial charge in [-0.2, -0.15) is 0 Å². The summed E-state index contributed by atoms with van der Waals surface area (Å²) >= 11 is 0. The topological polar surface area (TPSA) is 70.9 Å². The zero-order chi connectivity index (χ0) is 21.6. The van der Waals surface area contributed by atoms with Crippen LogP contribution in [-0.2, 0) is 4.79 Å². The first-order valence-electron chi connectivity index (χ1n) is 9.97. The lowest BCUT2D eigenvalue weighted by atomic mass is 9.70. The Morgan fingerprint density at radius 1 is 1.13 bits per heavy atom. The predicted octanol–water partition coefficient (Wildman–Crippen LogP) is 4.60. The van der Waals surface area contributed by atoms with Crippen LogP contribution in [0.1, 0.15) is 38.2 Å². The number of aromatic nitrogens is 1. The monoisotopic (exact) mass is 415 g/mol. The van der Waals surface area contributed by atoms with Gasteiger partial charge in [-0.3, -0.25) is 4.79 Å². The Labute approximate surface area is 172 Å². The first-order valence-corrected chi connectivity index (χ1v) is 9.97. The molecule has 1 heterocycles. The molecule has 2 aromatic carbocycles. The smallest absolute Gasteiger partial charge is 0.237 e. The number of halogens is 3. The van der Waals surface area contributed by atoms with E-state index in [1.165, 1.54) is 18.2 Å². The summed E-state index contributed by atoms with van der Waals surface area (Å²) in [5, 5.41) is 3.70. The van der Waals surface area contributed by atoms with Crippen LogP contribution >= 0.6 is 0 Å². The number of nitrogens with two attached hydrogens (primary N) is 1. The van der Waals surface area contributed by atoms with Crippen molar-refractivity contribution >= 4 is 16.8 Å². The summed E-state index contributed by atoms with van der Waals surface area (Å²) in [4.78, 5) is 14.6. The van der Waals surface area contributed by atoms with Crippen molar-refractivity contribution in [3.8, 4) is 11.3 Å². The summed E-state index contributed by atoms with van der Waals surface area (Å²) in [7, 11) is 0. The lowest BCUT2D eigenvalue weighted by Crippen LogP contribution is -2.52. The molecule has 0 radical (unpaired) electrons. The van der Waals surface area contributed by atoms with Crippen LogP contribution in [0.5, 0.6) is 0 Å². The zero-order valence-electron chi connectivity index (χ0n) is 16.9. The molecule has 1 aliphatic rings. The number of hydrogen-bond acceptors (Lipinski definition) is 2. The lowest BCUT2D eigenvalue weighted by molar-refractivity contribution is -0.123. The molecule has 1 aliphatic carbocycles. The van der Waals surface area contributed by atoms with E-state index in [0.717, 1.165) is 30.0 Å². The summed E-state index contributed by atoms with van der Waals surface area (Å²) in [6.45, 7) is 4.11. The van der Waals surface area contributed by atoms with E-state index in [1.807, 2.05) is 0 Å². The number of nitrogens with one attached hydrogen (secondary N) is 2. The van der Waals surface area contributed by atoms with Crippen molar-refractivity contribution in [2.45, 2.75) is 38.1 Å². The maximum absolute atomic E-state index is 14.4. The number of rotatable bonds is 6. The molecule has 1 amide bonds. The molecule has 7 heteroatoms. The third-order valence-corrected chi connectivity index (χ3v) is 6.09. The summed E-state index contributed by atoms with van der Waals surface area (Å²) in [6, 6.07) is 8.16. The van der Waals surface area contributed by atoms with Crippen LogP contribution in [0.3, 0.4) is 0 Å². The fourth-order valence-corrected chi connectivity index (χ4v) is 4.13. The Morgan fingerprint density at radius 2 is 1.80 bits per heavy atom. The molecule has 0 unspecified atom stereocenters. The Hall–Kier alpha value is -2.80. The number of benzene rings is 2. The average Bonchev–Trinajstić information content (AvgIpc) is 3.00. The van der Waals surface area contributed by atoms with Gasteiger partial charge in [0.25, 0.3) is 0 Å². The molecular weight excluding hydrogens is 391 g/mol. The van der Waals surface area contributed by atoms with Crippen LogP contribution in [0.15, 0.2) is 36.4 Å². The van der Waals surface area contributed by atoms with E-state index in [1.54, 1.807) is 26.0 Å². The highest BCUT2D eigenvalue weighted by molar-refractivity contribution is 5.92. The Kier molecular flexibility index (Phi) is 5.10. The van der Waals surface area contributed by atoms with E-state index in [2.05, 4.69) is 10.3 Å². The normalized spacial score (nSPS) is 19.1. The molecule has 0 bridgehead atoms. The van der Waals surface area contributed by atoms with Crippen LogP contribution in [-0.4, -0.2) is 23.0 Å². The van der Waals surface area contributed by atoms with E-state index >= 15 is 0 Å². The quantitative estimate of drug-likeness (QED) is 0.551. The van der Waals surface area contributed by atoms with E-state index < -0.39 is 23.1 Å². The maximum atomic E-state index is 14.4. The first-order chi connectivity index (χ1) is 14.2. The number of aromatic amines is 1. The molecule has 0 saturated heterocycles. The van der Waals surface area contributed by atoms with Gasteiger partial charge in [-0.25, -0.2) is 13.2 Å². The zero-order valence-corrected chi connectivity index (χ0v) is 16.9. The standard InChI is InChI=1S/C23H24F3N3O/c1-23(2,22(27)30)28-11-12-7-14(8-12)19-17-9-16(25)10-18(26)21(17)29-20(19)13-3-5-15(24)6-4-13/h3-6,9-10,12,14,28-29H,7-8,11H2,1-2H3,(H2,27,30). The second-order valence-electron chi connectivity index (χ2n) is 8.64. The van der Waals surface area contributed by atoms with Crippen LogP contribution in [0.4, 0.5) is 13.2 Å². The van der Waals surface area contributed by atoms with Gasteiger partial charge in [0.2, 0.25) is 5.91 Å². The van der Waals surface area contributed by atoms with Gasteiger partial charge in [-0.05, 0) is 86.5 Å². The van der Waals surface area contributed by atoms with Crippen molar-refractivity contribution in [2.75, 3.05) is 6.54 Å². The maximum Gasteiger partial charge on any atom is 0.237 e. The van der Waals surface area contributed by atoms with Crippen molar-refractivity contribution in [1.29, 1.82) is 0 Å². The number of amides is 1. The highest BCUT2D eigenvalue weighted by atomic mass is 19.1. The third kappa shape index (κ3) is 3.69. The van der Waals surface area contributed by atoms with Gasteiger partial charge in [0.1, 0.15) is 17.5 Å². The van der Waals surface area contributed by atoms with Gasteiger partial charge in [-0.15, -0.1) is 0 Å². The van der Waals surface area contributed by atoms with Crippen molar-refractivity contribution in [1.82, 2.24) is 10.3 Å². The molecule has 0 atom stereocenters. The molecule has 3 aromatic rings. The molecule has 4 N–H and O–H groups in total. The van der Waals surface area contributed by atoms with Gasteiger partial charge < -0.3 is 16.0 Å². The van der Waals surface area contributed by atoms with Gasteiger partial charge in [0, 0.05) is 11.5 Å². The molecule has 4 nitrogen and oxygen atoms in total. The van der Waals surface area contributed by atoms with E-state index in [4.69, 9.17) is 5.73 Å². The highest BCUT2D eigenvalue weighted by Gasteiger charge is 2.36. The van der Waals surface area contributed by atoms with Crippen LogP contribution in [0, 0.1) is 23.4 Å². The van der Waals surface area contributed by atoms with Crippen molar-refractivity contribution in [3.05, 3.63) is 59.4 Å². The van der Waals surface area contributed by atoms with Crippen LogP contribution in [0.25, 0.3) is 22.2 Å². The fraction of sp³-hybridized carbons (Fsp3) is 0.348. The molecular formula is C23H24F3N3O. The highest BCUT2D eigenvalue weighted by Crippen LogP contribution is 2.48. The molecule has 0 spiro atoms. The van der Waals surface area contributed by atoms with Gasteiger partial charge in [0.05, 0.1) is 16.7 Å². The SMILES string of the molecule is CC(C)(NCC1CC(c2c(-c3ccc(F)cc3)[nH]c3c(F)cc(F)cc23)C1)C(N)=O. The Bertz CT molecular complexity index is 1100. The minimum Gasteiger partial charge on any atom is -0.368 e. The van der Waals surface area contributed by atoms with Gasteiger partial charge in [0.15, 0.2) is 0 Å². The summed E-state index contributed by atoms with van der Waals surface area (Å²) in [6.07, 6.45) is 1.61. The summed E-state index contributed by atoms with van der Waals surface area (Å²) in [5.41, 5.74) is 7.11. The molecule has 1 aromatic heterocycles. The van der Waals surface area contributed by atoms with Crippen LogP contribution < -0.4 is 11.1 Å². The van der Waals surface area contributed by atoms with E-state index in [9.17, 15) is 18.0 Å². The second-order valence-corrected chi connectivity index (χ2v) is 8.64. The minimum absolute atomic E-state index is 0.100. The average molecular weight is 415 g/mol. The second kappa shape index (κ2) is 7.47. The molecule has 1 fully saturated rings. The largest absolute Gasteiger partial charge is 0.368 e. The van der Waals surface area contributed by atoms with Gasteiger partial charge >= 0.3 is 0 Å². The van der Waals surface area contributed by atoms with E-state index in [-0.39, 0.29) is 17.3 Å². The number of H-pyrrole nitrogens is 1. The number of hydrogen-bond donors (Lipinski definition) is 3. The van der Waals surface area contributed by atoms with Gasteiger partial charge in [-0.1, -0.05) is 0 Å². The summed E-state index contributed by atoms with van der Waals surface area (Å²) in [5.74, 6) is -1.64. The minimum atomic E-state index is -0.794. The molecule has 158 valence electrons. The first kappa shape index (κ1) is 20.5. The third-order valence-electron chi connectivity index (χ3n) is 6.09. The summed E-state index contributed by atoms with van der Waals surface area (Å²) < 4.78 is 41.8. The molecule has 0 aliphatic heterocycles. The fourth-order valence-electron chi connectivity index (χ4n) is 4.13. The number of carbonyl (C=O) groups excluding carboxylic acids is 1. The molecule has 1 saturated carbocycles. The molecule has 30 heavy (non-hydrogen) atoms. The lowest BCUT2D eigenvalue weighted by Gasteiger charge is -2.38. The Morgan fingerprint density at radius 3 is 2.43 bits per heavy atom. The number of carbonyl (C=O) groups is 1.